The maximum Gasteiger partial charge on any atom is 0.322 e. The molecule has 1 aliphatic heterocycles. The summed E-state index contributed by atoms with van der Waals surface area (Å²) in [4.78, 5) is 14.8. The number of hydrogen-bond acceptors (Lipinski definition) is 4. The van der Waals surface area contributed by atoms with E-state index in [1.165, 1.54) is 0 Å². The summed E-state index contributed by atoms with van der Waals surface area (Å²) in [5.41, 5.74) is 6.49. The minimum absolute atomic E-state index is 0.0164. The molecule has 0 radical (unpaired) electrons. The number of aliphatic carboxylic acids is 1. The summed E-state index contributed by atoms with van der Waals surface area (Å²) in [5.74, 6) is -0.837. The van der Waals surface area contributed by atoms with Crippen LogP contribution in [-0.4, -0.2) is 22.1 Å². The zero-order valence-corrected chi connectivity index (χ0v) is 7.47. The van der Waals surface area contributed by atoms with Crippen LogP contribution < -0.4 is 10.9 Å². The van der Waals surface area contributed by atoms with Crippen molar-refractivity contribution in [2.45, 2.75) is 18.5 Å². The third-order valence-electron chi connectivity index (χ3n) is 2.25. The van der Waals surface area contributed by atoms with E-state index in [4.69, 9.17) is 5.11 Å². The van der Waals surface area contributed by atoms with Crippen LogP contribution >= 0.6 is 0 Å². The molecule has 0 aliphatic carbocycles. The molecule has 2 heterocycles. The van der Waals surface area contributed by atoms with Crippen molar-refractivity contribution in [3.63, 3.8) is 0 Å². The fourth-order valence-corrected chi connectivity index (χ4v) is 1.49. The predicted molar refractivity (Wildman–Crippen MR) is 49.3 cm³/mol. The van der Waals surface area contributed by atoms with Gasteiger partial charge in [0, 0.05) is 6.20 Å². The first-order valence-electron chi connectivity index (χ1n) is 4.42. The Kier molecular flexibility index (Phi) is 2.43. The van der Waals surface area contributed by atoms with Gasteiger partial charge in [-0.05, 0) is 18.6 Å². The summed E-state index contributed by atoms with van der Waals surface area (Å²) >= 11 is 0. The van der Waals surface area contributed by atoms with Crippen molar-refractivity contribution in [1.82, 2.24) is 15.8 Å². The maximum atomic E-state index is 10.7. The van der Waals surface area contributed by atoms with Crippen molar-refractivity contribution in [3.05, 3.63) is 30.1 Å². The number of aromatic nitrogens is 1. The molecule has 1 aliphatic rings. The molecule has 14 heavy (non-hydrogen) atoms. The highest BCUT2D eigenvalue weighted by Crippen LogP contribution is 2.19. The van der Waals surface area contributed by atoms with Gasteiger partial charge in [-0.2, -0.15) is 0 Å². The van der Waals surface area contributed by atoms with E-state index in [-0.39, 0.29) is 6.04 Å². The summed E-state index contributed by atoms with van der Waals surface area (Å²) in [6.07, 6.45) is 2.22. The summed E-state index contributed by atoms with van der Waals surface area (Å²) in [5, 5.41) is 8.76. The number of nitrogens with one attached hydrogen (secondary N) is 2. The van der Waals surface area contributed by atoms with Crippen molar-refractivity contribution in [2.75, 3.05) is 0 Å². The van der Waals surface area contributed by atoms with Gasteiger partial charge in [0.05, 0.1) is 11.7 Å². The lowest BCUT2D eigenvalue weighted by Crippen LogP contribution is -2.36. The van der Waals surface area contributed by atoms with Crippen LogP contribution in [0, 0.1) is 0 Å². The zero-order valence-electron chi connectivity index (χ0n) is 7.47. The van der Waals surface area contributed by atoms with E-state index >= 15 is 0 Å². The molecule has 2 unspecified atom stereocenters. The lowest BCUT2D eigenvalue weighted by atomic mass is 10.1. The first kappa shape index (κ1) is 9.11. The van der Waals surface area contributed by atoms with E-state index in [1.54, 1.807) is 6.20 Å². The number of carboxylic acids is 1. The van der Waals surface area contributed by atoms with Crippen LogP contribution in [0.15, 0.2) is 24.4 Å². The van der Waals surface area contributed by atoms with Gasteiger partial charge in [-0.15, -0.1) is 0 Å². The number of hydrogen-bond donors (Lipinski definition) is 3. The number of nitrogens with zero attached hydrogens (tertiary/aromatic N) is 1. The molecule has 0 saturated carbocycles. The molecule has 0 bridgehead atoms. The molecule has 0 spiro atoms. The number of carboxylic acid groups (broad SMARTS) is 1. The lowest BCUT2D eigenvalue weighted by Gasteiger charge is -2.06. The molecule has 1 fully saturated rings. The van der Waals surface area contributed by atoms with Crippen LogP contribution in [0.1, 0.15) is 18.2 Å². The van der Waals surface area contributed by atoms with Crippen molar-refractivity contribution >= 4 is 5.97 Å². The number of hydrazine groups is 1. The molecule has 0 amide bonds. The van der Waals surface area contributed by atoms with E-state index in [1.807, 2.05) is 18.2 Å². The Morgan fingerprint density at radius 1 is 1.50 bits per heavy atom. The Morgan fingerprint density at radius 2 is 2.36 bits per heavy atom. The quantitative estimate of drug-likeness (QED) is 0.620. The van der Waals surface area contributed by atoms with Crippen molar-refractivity contribution < 1.29 is 9.90 Å². The topological polar surface area (TPSA) is 74.2 Å². The molecule has 1 saturated heterocycles. The second-order valence-corrected chi connectivity index (χ2v) is 3.22. The van der Waals surface area contributed by atoms with Crippen LogP contribution in [-0.2, 0) is 4.79 Å². The molecule has 1 aromatic rings. The molecular weight excluding hydrogens is 182 g/mol. The molecule has 2 atom stereocenters. The van der Waals surface area contributed by atoms with E-state index in [9.17, 15) is 4.79 Å². The average Bonchev–Trinajstić information content (AvgIpc) is 2.68. The molecule has 3 N–H and O–H groups in total. The van der Waals surface area contributed by atoms with Gasteiger partial charge in [-0.3, -0.25) is 9.78 Å². The maximum absolute atomic E-state index is 10.7. The van der Waals surface area contributed by atoms with Crippen LogP contribution in [0.25, 0.3) is 0 Å². The Bertz CT molecular complexity index is 328. The number of rotatable bonds is 2. The lowest BCUT2D eigenvalue weighted by molar-refractivity contribution is -0.139. The van der Waals surface area contributed by atoms with Gasteiger partial charge >= 0.3 is 5.97 Å². The standard InChI is InChI=1S/C9H11N3O2/c13-9(14)8-5-7(11-12-8)6-3-1-2-4-10-6/h1-4,7-8,11-12H,5H2,(H,13,14). The van der Waals surface area contributed by atoms with Crippen LogP contribution in [0.2, 0.25) is 0 Å². The van der Waals surface area contributed by atoms with E-state index in [0.29, 0.717) is 6.42 Å². The molecule has 0 aromatic carbocycles. The highest BCUT2D eigenvalue weighted by Gasteiger charge is 2.30. The first-order chi connectivity index (χ1) is 6.77. The summed E-state index contributed by atoms with van der Waals surface area (Å²) < 4.78 is 0. The largest absolute Gasteiger partial charge is 0.480 e. The smallest absolute Gasteiger partial charge is 0.322 e. The van der Waals surface area contributed by atoms with Gasteiger partial charge in [-0.25, -0.2) is 10.9 Å². The Morgan fingerprint density at radius 3 is 2.93 bits per heavy atom. The van der Waals surface area contributed by atoms with Crippen LogP contribution in [0.3, 0.4) is 0 Å². The van der Waals surface area contributed by atoms with Crippen LogP contribution in [0.5, 0.6) is 0 Å². The van der Waals surface area contributed by atoms with Gasteiger partial charge in [0.25, 0.3) is 0 Å². The minimum atomic E-state index is -0.837. The summed E-state index contributed by atoms with van der Waals surface area (Å²) in [6.45, 7) is 0. The highest BCUT2D eigenvalue weighted by atomic mass is 16.4. The average molecular weight is 193 g/mol. The van der Waals surface area contributed by atoms with E-state index in [2.05, 4.69) is 15.8 Å². The van der Waals surface area contributed by atoms with Gasteiger partial charge < -0.3 is 5.11 Å². The molecule has 1 aromatic heterocycles. The second kappa shape index (κ2) is 3.73. The van der Waals surface area contributed by atoms with Crippen molar-refractivity contribution in [2.24, 2.45) is 0 Å². The monoisotopic (exact) mass is 193 g/mol. The molecule has 5 nitrogen and oxygen atoms in total. The normalized spacial score (nSPS) is 26.3. The third-order valence-corrected chi connectivity index (χ3v) is 2.25. The molecule has 2 rings (SSSR count). The first-order valence-corrected chi connectivity index (χ1v) is 4.42. The van der Waals surface area contributed by atoms with Gasteiger partial charge in [0.1, 0.15) is 6.04 Å². The summed E-state index contributed by atoms with van der Waals surface area (Å²) in [6, 6.07) is 5.06. The van der Waals surface area contributed by atoms with E-state index < -0.39 is 12.0 Å². The predicted octanol–water partition coefficient (Wildman–Crippen LogP) is 0.0738. The van der Waals surface area contributed by atoms with Crippen LogP contribution in [0.4, 0.5) is 0 Å². The Labute approximate surface area is 81.1 Å². The zero-order chi connectivity index (χ0) is 9.97. The third kappa shape index (κ3) is 1.73. The SMILES string of the molecule is O=C(O)C1CC(c2ccccn2)NN1. The Balaban J connectivity index is 2.06. The second-order valence-electron chi connectivity index (χ2n) is 3.22. The fraction of sp³-hybridized carbons (Fsp3) is 0.333. The van der Waals surface area contributed by atoms with Crippen molar-refractivity contribution in [3.8, 4) is 0 Å². The van der Waals surface area contributed by atoms with Gasteiger partial charge in [0.2, 0.25) is 0 Å². The minimum Gasteiger partial charge on any atom is -0.480 e. The molecular formula is C9H11N3O2. The fourth-order valence-electron chi connectivity index (χ4n) is 1.49. The number of carbonyl (C=O) groups is 1. The molecule has 74 valence electrons. The van der Waals surface area contributed by atoms with Gasteiger partial charge in [-0.1, -0.05) is 6.07 Å². The van der Waals surface area contributed by atoms with Crippen molar-refractivity contribution in [1.29, 1.82) is 0 Å². The van der Waals surface area contributed by atoms with Gasteiger partial charge in [0.15, 0.2) is 0 Å². The highest BCUT2D eigenvalue weighted by molar-refractivity contribution is 5.73. The molecule has 5 heteroatoms. The Hall–Kier alpha value is -1.46. The number of pyridine rings is 1. The van der Waals surface area contributed by atoms with E-state index in [0.717, 1.165) is 5.69 Å². The summed E-state index contributed by atoms with van der Waals surface area (Å²) in [7, 11) is 0.